The van der Waals surface area contributed by atoms with Gasteiger partial charge in [-0.15, -0.1) is 0 Å². The molecule has 10 heteroatoms. The third-order valence-corrected chi connectivity index (χ3v) is 10.1. The molecule has 0 bridgehead atoms. The van der Waals surface area contributed by atoms with Gasteiger partial charge in [0, 0.05) is 38.5 Å². The summed E-state index contributed by atoms with van der Waals surface area (Å²) >= 11 is 0. The molecule has 10 nitrogen and oxygen atoms in total. The van der Waals surface area contributed by atoms with E-state index in [1.165, 1.54) is 32.1 Å². The smallest absolute Gasteiger partial charge is 0.318 e. The Balaban J connectivity index is 1.43. The molecule has 3 aliphatic rings. The van der Waals surface area contributed by atoms with Gasteiger partial charge >= 0.3 is 6.03 Å². The molecule has 47 heavy (non-hydrogen) atoms. The van der Waals surface area contributed by atoms with E-state index in [-0.39, 0.29) is 35.7 Å². The van der Waals surface area contributed by atoms with E-state index in [1.54, 1.807) is 4.90 Å². The van der Waals surface area contributed by atoms with E-state index in [2.05, 4.69) is 28.2 Å². The Hall–Kier alpha value is -3.14. The third kappa shape index (κ3) is 12.8. The maximum absolute atomic E-state index is 14.1. The van der Waals surface area contributed by atoms with Gasteiger partial charge in [0.15, 0.2) is 0 Å². The molecule has 262 valence electrons. The SMILES string of the molecule is CCCCC(=O)NCCC[C@H](CC1CCCCC1)NC(=O)C(NC(=O)[C@@H](Cc1ccccc1)NC(=O)N1CCOCC1)C1CCCC1. The van der Waals surface area contributed by atoms with Crippen LogP contribution < -0.4 is 21.3 Å². The quantitative estimate of drug-likeness (QED) is 0.179. The predicted octanol–water partition coefficient (Wildman–Crippen LogP) is 4.86. The van der Waals surface area contributed by atoms with Crippen LogP contribution in [0.5, 0.6) is 0 Å². The number of benzene rings is 1. The molecule has 2 saturated carbocycles. The van der Waals surface area contributed by atoms with E-state index in [0.717, 1.165) is 63.4 Å². The summed E-state index contributed by atoms with van der Waals surface area (Å²) in [5.74, 6) is 0.268. The molecule has 0 radical (unpaired) electrons. The minimum atomic E-state index is -0.821. The number of rotatable bonds is 17. The van der Waals surface area contributed by atoms with Crippen molar-refractivity contribution in [3.63, 3.8) is 0 Å². The fourth-order valence-corrected chi connectivity index (χ4v) is 7.38. The van der Waals surface area contributed by atoms with Crippen LogP contribution in [-0.2, 0) is 25.5 Å². The lowest BCUT2D eigenvalue weighted by Gasteiger charge is -2.32. The van der Waals surface area contributed by atoms with E-state index in [9.17, 15) is 19.2 Å². The van der Waals surface area contributed by atoms with Crippen molar-refractivity contribution >= 4 is 23.8 Å². The van der Waals surface area contributed by atoms with Gasteiger partial charge in [0.25, 0.3) is 0 Å². The molecule has 5 amide bonds. The molecule has 1 unspecified atom stereocenters. The summed E-state index contributed by atoms with van der Waals surface area (Å²) in [5.41, 5.74) is 0.936. The van der Waals surface area contributed by atoms with Crippen LogP contribution in [0.15, 0.2) is 30.3 Å². The van der Waals surface area contributed by atoms with Crippen LogP contribution in [-0.4, -0.2) is 79.6 Å². The van der Waals surface area contributed by atoms with Gasteiger partial charge in [0.1, 0.15) is 12.1 Å². The van der Waals surface area contributed by atoms with Crippen LogP contribution in [0, 0.1) is 11.8 Å². The molecule has 1 aromatic carbocycles. The van der Waals surface area contributed by atoms with Crippen molar-refractivity contribution in [1.82, 2.24) is 26.2 Å². The van der Waals surface area contributed by atoms with Crippen molar-refractivity contribution in [1.29, 1.82) is 0 Å². The Morgan fingerprint density at radius 3 is 2.26 bits per heavy atom. The normalized spacial score (nSPS) is 19.4. The zero-order valence-corrected chi connectivity index (χ0v) is 28.6. The van der Waals surface area contributed by atoms with E-state index in [4.69, 9.17) is 4.74 Å². The summed E-state index contributed by atoms with van der Waals surface area (Å²) in [7, 11) is 0. The van der Waals surface area contributed by atoms with Crippen LogP contribution in [0.2, 0.25) is 0 Å². The van der Waals surface area contributed by atoms with Gasteiger partial charge < -0.3 is 30.9 Å². The van der Waals surface area contributed by atoms with Crippen molar-refractivity contribution in [2.75, 3.05) is 32.8 Å². The van der Waals surface area contributed by atoms with Crippen LogP contribution in [0.1, 0.15) is 109 Å². The minimum absolute atomic E-state index is 0.0138. The number of nitrogens with zero attached hydrogens (tertiary/aromatic N) is 1. The number of morpholine rings is 1. The van der Waals surface area contributed by atoms with Crippen molar-refractivity contribution in [3.8, 4) is 0 Å². The molecule has 4 rings (SSSR count). The van der Waals surface area contributed by atoms with E-state index in [0.29, 0.717) is 51.6 Å². The fraction of sp³-hybridized carbons (Fsp3) is 0.730. The average molecular weight is 654 g/mol. The maximum Gasteiger partial charge on any atom is 0.318 e. The molecule has 0 spiro atoms. The molecular formula is C37H59N5O5. The van der Waals surface area contributed by atoms with Crippen LogP contribution in [0.4, 0.5) is 4.79 Å². The zero-order valence-electron chi connectivity index (χ0n) is 28.6. The third-order valence-electron chi connectivity index (χ3n) is 10.1. The molecule has 4 N–H and O–H groups in total. The predicted molar refractivity (Wildman–Crippen MR) is 184 cm³/mol. The molecule has 3 atom stereocenters. The van der Waals surface area contributed by atoms with E-state index < -0.39 is 12.1 Å². The average Bonchev–Trinajstić information content (AvgIpc) is 3.63. The molecule has 1 saturated heterocycles. The molecule has 1 aromatic rings. The van der Waals surface area contributed by atoms with E-state index in [1.807, 2.05) is 30.3 Å². The summed E-state index contributed by atoms with van der Waals surface area (Å²) in [6, 6.07) is 7.88. The first-order valence-electron chi connectivity index (χ1n) is 18.5. The summed E-state index contributed by atoms with van der Waals surface area (Å²) in [6.45, 7) is 4.58. The Bertz CT molecular complexity index is 1100. The topological polar surface area (TPSA) is 129 Å². The number of hydrogen-bond acceptors (Lipinski definition) is 5. The number of nitrogens with one attached hydrogen (secondary N) is 4. The second-order valence-electron chi connectivity index (χ2n) is 13.9. The number of urea groups is 1. The highest BCUT2D eigenvalue weighted by Gasteiger charge is 2.36. The first-order chi connectivity index (χ1) is 22.9. The fourth-order valence-electron chi connectivity index (χ4n) is 7.38. The van der Waals surface area contributed by atoms with Gasteiger partial charge in [-0.1, -0.05) is 88.6 Å². The van der Waals surface area contributed by atoms with Crippen LogP contribution in [0.25, 0.3) is 0 Å². The summed E-state index contributed by atoms with van der Waals surface area (Å²) < 4.78 is 5.40. The lowest BCUT2D eigenvalue weighted by Crippen LogP contribution is -2.59. The van der Waals surface area contributed by atoms with Gasteiger partial charge in [0.05, 0.1) is 13.2 Å². The van der Waals surface area contributed by atoms with Gasteiger partial charge in [-0.2, -0.15) is 0 Å². The van der Waals surface area contributed by atoms with Crippen molar-refractivity contribution in [2.45, 2.75) is 128 Å². The van der Waals surface area contributed by atoms with Gasteiger partial charge in [-0.05, 0) is 55.9 Å². The first-order valence-corrected chi connectivity index (χ1v) is 18.5. The lowest BCUT2D eigenvalue weighted by atomic mass is 9.83. The Morgan fingerprint density at radius 2 is 1.55 bits per heavy atom. The second kappa shape index (κ2) is 20.3. The summed E-state index contributed by atoms with van der Waals surface area (Å²) in [4.78, 5) is 55.2. The van der Waals surface area contributed by atoms with Crippen molar-refractivity contribution in [2.24, 2.45) is 11.8 Å². The molecule has 0 aromatic heterocycles. The first kappa shape index (κ1) is 36.7. The molecule has 2 aliphatic carbocycles. The standard InChI is InChI=1S/C37H59N5O5/c1-2-3-20-33(43)38-21-12-19-31(26-28-13-6-4-7-14-28)39-36(45)34(30-17-10-11-18-30)41-35(44)32(27-29-15-8-5-9-16-29)40-37(46)42-22-24-47-25-23-42/h5,8-9,15-16,28,30-32,34H,2-4,6-7,10-14,17-27H2,1H3,(H,38,43)(H,39,45)(H,40,46)(H,41,44)/t31-,32-,34?/m1/s1. The Morgan fingerprint density at radius 1 is 0.851 bits per heavy atom. The number of unbranched alkanes of at least 4 members (excludes halogenated alkanes) is 1. The molecule has 1 aliphatic heterocycles. The monoisotopic (exact) mass is 653 g/mol. The zero-order chi connectivity index (χ0) is 33.3. The largest absolute Gasteiger partial charge is 0.378 e. The summed E-state index contributed by atoms with van der Waals surface area (Å²) in [5, 5.41) is 12.5. The summed E-state index contributed by atoms with van der Waals surface area (Å²) in [6.07, 6.45) is 15.2. The van der Waals surface area contributed by atoms with Crippen LogP contribution in [0.3, 0.4) is 0 Å². The number of carbonyl (C=O) groups is 4. The highest BCUT2D eigenvalue weighted by molar-refractivity contribution is 5.92. The van der Waals surface area contributed by atoms with Crippen LogP contribution >= 0.6 is 0 Å². The molecular weight excluding hydrogens is 594 g/mol. The van der Waals surface area contributed by atoms with Gasteiger partial charge in [0.2, 0.25) is 17.7 Å². The lowest BCUT2D eigenvalue weighted by molar-refractivity contribution is -0.131. The van der Waals surface area contributed by atoms with Crippen molar-refractivity contribution in [3.05, 3.63) is 35.9 Å². The van der Waals surface area contributed by atoms with Gasteiger partial charge in [-0.25, -0.2) is 4.79 Å². The second-order valence-corrected chi connectivity index (χ2v) is 13.9. The van der Waals surface area contributed by atoms with Gasteiger partial charge in [-0.3, -0.25) is 14.4 Å². The highest BCUT2D eigenvalue weighted by atomic mass is 16.5. The maximum atomic E-state index is 14.1. The molecule has 3 fully saturated rings. The van der Waals surface area contributed by atoms with Crippen molar-refractivity contribution < 1.29 is 23.9 Å². The Labute approximate surface area is 281 Å². The number of carbonyl (C=O) groups excluding carboxylic acids is 4. The number of hydrogen-bond donors (Lipinski definition) is 4. The van der Waals surface area contributed by atoms with E-state index >= 15 is 0 Å². The number of ether oxygens (including phenoxy) is 1. The minimum Gasteiger partial charge on any atom is -0.378 e. The number of amides is 5. The Kier molecular flexibility index (Phi) is 15.8. The molecule has 1 heterocycles. The highest BCUT2D eigenvalue weighted by Crippen LogP contribution is 2.30.